The molecule has 0 spiro atoms. The van der Waals surface area contributed by atoms with Gasteiger partial charge in [-0.15, -0.1) is 0 Å². The van der Waals surface area contributed by atoms with Gasteiger partial charge in [0.2, 0.25) is 17.1 Å². The number of nitrogens with zero attached hydrogens (tertiary/aromatic N) is 3. The first-order valence-electron chi connectivity index (χ1n) is 4.56. The van der Waals surface area contributed by atoms with Crippen LogP contribution >= 0.6 is 11.5 Å². The molecule has 1 rings (SSSR count). The lowest BCUT2D eigenvalue weighted by Gasteiger charge is -2.16. The van der Waals surface area contributed by atoms with E-state index >= 15 is 0 Å². The molecule has 0 amide bonds. The number of carboxylic acid groups (broad SMARTS) is 2. The average Bonchev–Trinajstić information content (AvgIpc) is 2.64. The zero-order chi connectivity index (χ0) is 13.9. The maximum atomic E-state index is 10.9. The van der Waals surface area contributed by atoms with Crippen LogP contribution in [0, 0.1) is 0 Å². The van der Waals surface area contributed by atoms with Gasteiger partial charge in [-0.25, -0.2) is 9.59 Å². The van der Waals surface area contributed by atoms with Crippen molar-refractivity contribution in [3.63, 3.8) is 0 Å². The summed E-state index contributed by atoms with van der Waals surface area (Å²) in [5.41, 5.74) is 3.03. The number of oxime groups is 1. The van der Waals surface area contributed by atoms with Gasteiger partial charge in [0.25, 0.3) is 0 Å². The minimum Gasteiger partial charge on any atom is -0.478 e. The van der Waals surface area contributed by atoms with Crippen molar-refractivity contribution in [2.45, 2.75) is 19.4 Å². The Morgan fingerprint density at radius 2 is 2.06 bits per heavy atom. The monoisotopic (exact) mass is 274 g/mol. The molecule has 0 aliphatic carbocycles. The van der Waals surface area contributed by atoms with E-state index in [9.17, 15) is 9.59 Å². The van der Waals surface area contributed by atoms with Crippen molar-refractivity contribution < 1.29 is 24.6 Å². The van der Waals surface area contributed by atoms with Crippen molar-refractivity contribution in [3.05, 3.63) is 5.82 Å². The normalized spacial score (nSPS) is 12.2. The molecule has 0 aromatic carbocycles. The second-order valence-corrected chi connectivity index (χ2v) is 4.39. The highest BCUT2D eigenvalue weighted by molar-refractivity contribution is 7.09. The Bertz CT molecular complexity index is 509. The zero-order valence-electron chi connectivity index (χ0n) is 9.45. The van der Waals surface area contributed by atoms with E-state index in [1.54, 1.807) is 0 Å². The Morgan fingerprint density at radius 3 is 2.44 bits per heavy atom. The number of rotatable bonds is 5. The van der Waals surface area contributed by atoms with Crippen molar-refractivity contribution in [1.29, 1.82) is 0 Å². The van der Waals surface area contributed by atoms with Gasteiger partial charge in [0.1, 0.15) is 0 Å². The summed E-state index contributed by atoms with van der Waals surface area (Å²) in [6.07, 6.45) is 0. The summed E-state index contributed by atoms with van der Waals surface area (Å²) in [5.74, 6) is -2.97. The molecule has 1 aromatic rings. The molecule has 9 nitrogen and oxygen atoms in total. The molecule has 0 unspecified atom stereocenters. The molecule has 0 radical (unpaired) electrons. The summed E-state index contributed by atoms with van der Waals surface area (Å²) in [6, 6.07) is 0. The van der Waals surface area contributed by atoms with E-state index in [0.29, 0.717) is 0 Å². The van der Waals surface area contributed by atoms with Crippen LogP contribution < -0.4 is 5.73 Å². The number of aromatic nitrogens is 2. The van der Waals surface area contributed by atoms with E-state index < -0.39 is 23.3 Å². The number of carbonyl (C=O) groups is 2. The average molecular weight is 274 g/mol. The molecule has 1 heterocycles. The van der Waals surface area contributed by atoms with E-state index in [0.717, 1.165) is 11.5 Å². The molecule has 4 N–H and O–H groups in total. The fourth-order valence-electron chi connectivity index (χ4n) is 0.706. The predicted octanol–water partition coefficient (Wildman–Crippen LogP) is -0.211. The molecule has 0 saturated carbocycles. The fourth-order valence-corrected chi connectivity index (χ4v) is 1.14. The van der Waals surface area contributed by atoms with E-state index in [4.69, 9.17) is 15.9 Å². The molecule has 0 aliphatic heterocycles. The highest BCUT2D eigenvalue weighted by Crippen LogP contribution is 2.12. The first-order chi connectivity index (χ1) is 8.24. The summed E-state index contributed by atoms with van der Waals surface area (Å²) in [7, 11) is 0. The van der Waals surface area contributed by atoms with Crippen LogP contribution in [-0.4, -0.2) is 42.8 Å². The number of aliphatic carboxylic acids is 2. The summed E-state index contributed by atoms with van der Waals surface area (Å²) in [4.78, 5) is 30.0. The van der Waals surface area contributed by atoms with Crippen LogP contribution in [0.1, 0.15) is 19.7 Å². The van der Waals surface area contributed by atoms with Gasteiger partial charge in [-0.3, -0.25) is 0 Å². The SMILES string of the molecule is CC(C)(ON=C(C(=O)O)c1nsc(N)n1)C(=O)O. The number of nitrogens with two attached hydrogens (primary N) is 1. The van der Waals surface area contributed by atoms with Gasteiger partial charge in [0, 0.05) is 11.5 Å². The highest BCUT2D eigenvalue weighted by atomic mass is 32.1. The second-order valence-electron chi connectivity index (χ2n) is 3.61. The van der Waals surface area contributed by atoms with Gasteiger partial charge in [-0.1, -0.05) is 5.16 Å². The van der Waals surface area contributed by atoms with Crippen LogP contribution in [-0.2, 0) is 14.4 Å². The Hall–Kier alpha value is -2.23. The number of nitrogen functional groups attached to an aromatic ring is 1. The first-order valence-corrected chi connectivity index (χ1v) is 5.34. The molecule has 10 heteroatoms. The van der Waals surface area contributed by atoms with E-state index in [1.807, 2.05) is 0 Å². The van der Waals surface area contributed by atoms with Crippen molar-refractivity contribution in [2.24, 2.45) is 5.16 Å². The first kappa shape index (κ1) is 13.8. The lowest BCUT2D eigenvalue weighted by atomic mass is 10.1. The summed E-state index contributed by atoms with van der Waals surface area (Å²) in [5, 5.41) is 21.0. The molecule has 0 saturated heterocycles. The van der Waals surface area contributed by atoms with Gasteiger partial charge in [0.05, 0.1) is 0 Å². The van der Waals surface area contributed by atoms with Gasteiger partial charge in [0.15, 0.2) is 5.13 Å². The molecule has 1 aromatic heterocycles. The van der Waals surface area contributed by atoms with Crippen LogP contribution in [0.4, 0.5) is 5.13 Å². The summed E-state index contributed by atoms with van der Waals surface area (Å²) in [6.45, 7) is 2.45. The van der Waals surface area contributed by atoms with E-state index in [1.165, 1.54) is 13.8 Å². The standard InChI is InChI=1S/C8H10N4O5S/c1-8(2,6(15)16)17-11-3(5(13)14)4-10-7(9)18-12-4/h1-2H3,(H,13,14)(H,15,16)(H2,9,10,12). The minimum atomic E-state index is -1.66. The van der Waals surface area contributed by atoms with Gasteiger partial charge in [-0.2, -0.15) is 9.36 Å². The predicted molar refractivity (Wildman–Crippen MR) is 61.3 cm³/mol. The highest BCUT2D eigenvalue weighted by Gasteiger charge is 2.31. The van der Waals surface area contributed by atoms with Crippen LogP contribution in [0.2, 0.25) is 0 Å². The van der Waals surface area contributed by atoms with Gasteiger partial charge < -0.3 is 20.8 Å². The molecule has 0 aliphatic rings. The molecule has 0 bridgehead atoms. The quantitative estimate of drug-likeness (QED) is 0.493. The number of hydrogen-bond acceptors (Lipinski definition) is 8. The van der Waals surface area contributed by atoms with Gasteiger partial charge in [-0.05, 0) is 13.8 Å². The molecular weight excluding hydrogens is 264 g/mol. The maximum absolute atomic E-state index is 10.9. The molecule has 98 valence electrons. The van der Waals surface area contributed by atoms with E-state index in [2.05, 4.69) is 19.4 Å². The summed E-state index contributed by atoms with van der Waals surface area (Å²) < 4.78 is 3.65. The van der Waals surface area contributed by atoms with Crippen molar-refractivity contribution in [2.75, 3.05) is 5.73 Å². The van der Waals surface area contributed by atoms with Crippen LogP contribution in [0.3, 0.4) is 0 Å². The lowest BCUT2D eigenvalue weighted by Crippen LogP contribution is -2.34. The number of carboxylic acids is 2. The maximum Gasteiger partial charge on any atom is 0.362 e. The van der Waals surface area contributed by atoms with Crippen molar-refractivity contribution in [1.82, 2.24) is 9.36 Å². The van der Waals surface area contributed by atoms with Crippen LogP contribution in [0.15, 0.2) is 5.16 Å². The summed E-state index contributed by atoms with van der Waals surface area (Å²) >= 11 is 0.790. The minimum absolute atomic E-state index is 0.0662. The Balaban J connectivity index is 3.01. The smallest absolute Gasteiger partial charge is 0.362 e. The topological polar surface area (TPSA) is 148 Å². The zero-order valence-corrected chi connectivity index (χ0v) is 10.3. The number of anilines is 1. The Morgan fingerprint density at radius 1 is 1.44 bits per heavy atom. The van der Waals surface area contributed by atoms with Crippen molar-refractivity contribution in [3.8, 4) is 0 Å². The largest absolute Gasteiger partial charge is 0.478 e. The Kier molecular flexibility index (Phi) is 3.81. The van der Waals surface area contributed by atoms with Crippen molar-refractivity contribution >= 4 is 34.3 Å². The van der Waals surface area contributed by atoms with Crippen LogP contribution in [0.5, 0.6) is 0 Å². The second kappa shape index (κ2) is 4.96. The van der Waals surface area contributed by atoms with E-state index in [-0.39, 0.29) is 11.0 Å². The third-order valence-corrected chi connectivity index (χ3v) is 2.28. The third kappa shape index (κ3) is 3.13. The molecule has 0 atom stereocenters. The molecular formula is C8H10N4O5S. The Labute approximate surface area is 105 Å². The molecule has 0 fully saturated rings. The number of hydrogen-bond donors (Lipinski definition) is 3. The third-order valence-electron chi connectivity index (χ3n) is 1.74. The van der Waals surface area contributed by atoms with Crippen LogP contribution in [0.25, 0.3) is 0 Å². The molecule has 18 heavy (non-hydrogen) atoms. The fraction of sp³-hybridized carbons (Fsp3) is 0.375. The lowest BCUT2D eigenvalue weighted by molar-refractivity contribution is -0.161. The van der Waals surface area contributed by atoms with Gasteiger partial charge >= 0.3 is 11.9 Å².